The molecule has 9 heteroatoms. The van der Waals surface area contributed by atoms with Gasteiger partial charge in [-0.1, -0.05) is 0 Å². The first-order valence-electron chi connectivity index (χ1n) is 6.90. The van der Waals surface area contributed by atoms with Crippen molar-refractivity contribution < 1.29 is 23.1 Å². The van der Waals surface area contributed by atoms with Crippen molar-refractivity contribution in [1.29, 1.82) is 0 Å². The molecule has 6 nitrogen and oxygen atoms in total. The van der Waals surface area contributed by atoms with Gasteiger partial charge in [-0.05, 0) is 31.2 Å². The van der Waals surface area contributed by atoms with Crippen LogP contribution in [0.1, 0.15) is 5.69 Å². The second-order valence-corrected chi connectivity index (χ2v) is 5.27. The van der Waals surface area contributed by atoms with Gasteiger partial charge in [0.2, 0.25) is 0 Å². The van der Waals surface area contributed by atoms with Crippen LogP contribution >= 0.6 is 0 Å². The summed E-state index contributed by atoms with van der Waals surface area (Å²) < 4.78 is 42.4. The van der Waals surface area contributed by atoms with Crippen molar-refractivity contribution in [2.75, 3.05) is 4.90 Å². The van der Waals surface area contributed by atoms with E-state index in [0.717, 1.165) is 0 Å². The summed E-state index contributed by atoms with van der Waals surface area (Å²) in [4.78, 5) is 12.6. The number of imidazole rings is 1. The van der Waals surface area contributed by atoms with E-state index >= 15 is 0 Å². The summed E-state index contributed by atoms with van der Waals surface area (Å²) in [6.45, 7) is 1.53. The summed E-state index contributed by atoms with van der Waals surface area (Å²) in [7, 11) is 1.65. The van der Waals surface area contributed by atoms with Crippen LogP contribution in [0.4, 0.5) is 24.5 Å². The predicted molar refractivity (Wildman–Crippen MR) is 80.2 cm³/mol. The van der Waals surface area contributed by atoms with Gasteiger partial charge in [0, 0.05) is 25.1 Å². The molecule has 1 aromatic carbocycles. The number of carbonyl (C=O) groups is 1. The van der Waals surface area contributed by atoms with Crippen molar-refractivity contribution in [2.24, 2.45) is 7.05 Å². The number of benzene rings is 1. The van der Waals surface area contributed by atoms with Gasteiger partial charge in [0.25, 0.3) is 0 Å². The van der Waals surface area contributed by atoms with Gasteiger partial charge in [-0.2, -0.15) is 18.3 Å². The van der Waals surface area contributed by atoms with Crippen molar-refractivity contribution in [3.63, 3.8) is 0 Å². The number of rotatable bonds is 2. The van der Waals surface area contributed by atoms with Crippen LogP contribution in [0.15, 0.2) is 36.7 Å². The number of alkyl halides is 3. The number of hydrogen-bond donors (Lipinski definition) is 1. The molecule has 1 amide bonds. The number of nitrogens with zero attached hydrogens (tertiary/aromatic N) is 4. The fourth-order valence-corrected chi connectivity index (χ4v) is 2.53. The van der Waals surface area contributed by atoms with Crippen molar-refractivity contribution in [3.05, 3.63) is 42.4 Å². The van der Waals surface area contributed by atoms with Gasteiger partial charge in [-0.15, -0.1) is 0 Å². The Morgan fingerprint density at radius 1 is 1.21 bits per heavy atom. The smallest absolute Gasteiger partial charge is 0.472 e. The van der Waals surface area contributed by atoms with E-state index in [9.17, 15) is 23.1 Å². The topological polar surface area (TPSA) is 62.8 Å². The minimum Gasteiger partial charge on any atom is -0.508 e. The van der Waals surface area contributed by atoms with Gasteiger partial charge in [0.1, 0.15) is 11.4 Å². The fraction of sp³-hybridized carbons (Fsp3) is 0.200. The zero-order chi connectivity index (χ0) is 17.6. The molecule has 24 heavy (non-hydrogen) atoms. The zero-order valence-electron chi connectivity index (χ0n) is 12.7. The summed E-state index contributed by atoms with van der Waals surface area (Å²) in [5.41, 5.74) is 0.634. The van der Waals surface area contributed by atoms with E-state index in [1.807, 2.05) is 0 Å². The number of phenols is 1. The number of aromatic hydroxyl groups is 1. The lowest BCUT2D eigenvalue weighted by molar-refractivity contribution is -0.169. The third-order valence-corrected chi connectivity index (χ3v) is 3.57. The molecular formula is C15H13F3N4O2. The van der Waals surface area contributed by atoms with Crippen molar-refractivity contribution in [3.8, 4) is 5.75 Å². The normalized spacial score (nSPS) is 11.9. The fourth-order valence-electron chi connectivity index (χ4n) is 2.53. The van der Waals surface area contributed by atoms with Crippen molar-refractivity contribution in [2.45, 2.75) is 13.1 Å². The van der Waals surface area contributed by atoms with Gasteiger partial charge in [0.05, 0.1) is 5.69 Å². The number of phenolic OH excluding ortho intramolecular Hbond substituents is 1. The van der Waals surface area contributed by atoms with E-state index < -0.39 is 12.1 Å². The molecule has 0 aliphatic heterocycles. The lowest BCUT2D eigenvalue weighted by Gasteiger charge is -2.23. The molecule has 0 unspecified atom stereocenters. The molecule has 0 radical (unpaired) electrons. The van der Waals surface area contributed by atoms with Crippen LogP contribution in [0.2, 0.25) is 0 Å². The molecule has 126 valence electrons. The second-order valence-electron chi connectivity index (χ2n) is 5.27. The maximum Gasteiger partial charge on any atom is 0.472 e. The molecule has 2 heterocycles. The Morgan fingerprint density at radius 3 is 2.42 bits per heavy atom. The molecule has 0 atom stereocenters. The predicted octanol–water partition coefficient (Wildman–Crippen LogP) is 2.91. The highest BCUT2D eigenvalue weighted by atomic mass is 19.4. The van der Waals surface area contributed by atoms with Crippen molar-refractivity contribution in [1.82, 2.24) is 14.2 Å². The van der Waals surface area contributed by atoms with Gasteiger partial charge in [-0.25, -0.2) is 4.52 Å². The molecule has 0 aliphatic carbocycles. The second kappa shape index (κ2) is 5.29. The van der Waals surface area contributed by atoms with Crippen LogP contribution in [0.3, 0.4) is 0 Å². The minimum atomic E-state index is -5.07. The number of halogens is 3. The highest BCUT2D eigenvalue weighted by molar-refractivity contribution is 6.07. The molecule has 0 aliphatic rings. The number of carbonyl (C=O) groups excluding carboxylic acids is 1. The molecule has 1 N–H and O–H groups in total. The van der Waals surface area contributed by atoms with E-state index in [-0.39, 0.29) is 22.8 Å². The summed E-state index contributed by atoms with van der Waals surface area (Å²) >= 11 is 0. The Bertz CT molecular complexity index is 909. The minimum absolute atomic E-state index is 0.0191. The van der Waals surface area contributed by atoms with Gasteiger partial charge >= 0.3 is 12.1 Å². The Balaban J connectivity index is 2.28. The Kier molecular flexibility index (Phi) is 3.51. The quantitative estimate of drug-likeness (QED) is 0.781. The largest absolute Gasteiger partial charge is 0.508 e. The van der Waals surface area contributed by atoms with E-state index in [4.69, 9.17) is 0 Å². The first kappa shape index (κ1) is 15.9. The first-order chi connectivity index (χ1) is 11.2. The van der Waals surface area contributed by atoms with Crippen LogP contribution < -0.4 is 4.90 Å². The van der Waals surface area contributed by atoms with Crippen LogP contribution in [-0.2, 0) is 11.8 Å². The molecule has 0 spiro atoms. The van der Waals surface area contributed by atoms with Crippen LogP contribution in [0.5, 0.6) is 5.75 Å². The van der Waals surface area contributed by atoms with Crippen LogP contribution in [-0.4, -0.2) is 31.4 Å². The molecule has 0 saturated carbocycles. The highest BCUT2D eigenvalue weighted by Crippen LogP contribution is 2.36. The Hall–Kier alpha value is -2.97. The lowest BCUT2D eigenvalue weighted by Crippen LogP contribution is -2.38. The van der Waals surface area contributed by atoms with E-state index in [0.29, 0.717) is 10.5 Å². The lowest BCUT2D eigenvalue weighted by atomic mass is 10.2. The van der Waals surface area contributed by atoms with Crippen LogP contribution in [0, 0.1) is 6.92 Å². The average Bonchev–Trinajstić information content (AvgIpc) is 3.00. The van der Waals surface area contributed by atoms with E-state index in [1.165, 1.54) is 35.7 Å². The summed E-state index contributed by atoms with van der Waals surface area (Å²) in [6.07, 6.45) is -1.86. The summed E-state index contributed by atoms with van der Waals surface area (Å²) in [5, 5.41) is 13.5. The molecule has 0 bridgehead atoms. The monoisotopic (exact) mass is 338 g/mol. The van der Waals surface area contributed by atoms with Crippen LogP contribution in [0.25, 0.3) is 5.65 Å². The van der Waals surface area contributed by atoms with Gasteiger partial charge in [0.15, 0.2) is 5.65 Å². The van der Waals surface area contributed by atoms with E-state index in [2.05, 4.69) is 5.10 Å². The number of fused-ring (bicyclic) bond motifs is 1. The average molecular weight is 338 g/mol. The third-order valence-electron chi connectivity index (χ3n) is 3.57. The van der Waals surface area contributed by atoms with Crippen molar-refractivity contribution >= 4 is 22.9 Å². The number of anilines is 2. The zero-order valence-corrected chi connectivity index (χ0v) is 12.7. The van der Waals surface area contributed by atoms with Gasteiger partial charge < -0.3 is 9.67 Å². The molecule has 0 saturated heterocycles. The summed E-state index contributed by atoms with van der Waals surface area (Å²) in [5.74, 6) is -2.15. The molecule has 3 rings (SSSR count). The SMILES string of the molecule is Cc1nn2ccn(C)c2c1N(C(=O)C(F)(F)F)c1ccc(O)cc1. The number of amides is 1. The Labute approximate surface area is 134 Å². The van der Waals surface area contributed by atoms with Gasteiger partial charge in [-0.3, -0.25) is 9.69 Å². The molecule has 2 aromatic heterocycles. The number of hydrogen-bond acceptors (Lipinski definition) is 3. The molecule has 0 fully saturated rings. The first-order valence-corrected chi connectivity index (χ1v) is 6.90. The highest BCUT2D eigenvalue weighted by Gasteiger charge is 2.45. The van der Waals surface area contributed by atoms with E-state index in [1.54, 1.807) is 24.0 Å². The Morgan fingerprint density at radius 2 is 1.83 bits per heavy atom. The number of aromatic nitrogens is 3. The maximum absolute atomic E-state index is 13.1. The molecule has 3 aromatic rings. The summed E-state index contributed by atoms with van der Waals surface area (Å²) in [6, 6.07) is 4.91. The maximum atomic E-state index is 13.1. The third kappa shape index (κ3) is 2.47. The standard InChI is InChI=1S/C15H13F3N4O2/c1-9-12(13-20(2)7-8-21(13)19-9)22(14(24)15(16,17)18)10-3-5-11(23)6-4-10/h3-8,23H,1-2H3. The number of aryl methyl sites for hydroxylation is 2. The molecular weight excluding hydrogens is 325 g/mol.